The summed E-state index contributed by atoms with van der Waals surface area (Å²) in [6.45, 7) is 1.18. The molecule has 0 aromatic heterocycles. The molecule has 4 fully saturated rings. The lowest BCUT2D eigenvalue weighted by atomic mass is 9.52. The van der Waals surface area contributed by atoms with Gasteiger partial charge in [0.1, 0.15) is 0 Å². The molecule has 0 atom stereocenters. The van der Waals surface area contributed by atoms with E-state index in [-0.39, 0.29) is 5.91 Å². The molecule has 4 bridgehead atoms. The van der Waals surface area contributed by atoms with E-state index >= 15 is 0 Å². The molecule has 0 radical (unpaired) electrons. The summed E-state index contributed by atoms with van der Waals surface area (Å²) in [6.07, 6.45) is 11.2. The molecule has 4 aliphatic carbocycles. The first-order valence-electron chi connectivity index (χ1n) is 7.80. The summed E-state index contributed by atoms with van der Waals surface area (Å²) in [6, 6.07) is 0. The first-order chi connectivity index (χ1) is 9.17. The number of carbonyl (C=O) groups is 1. The van der Waals surface area contributed by atoms with E-state index in [0.29, 0.717) is 19.0 Å². The van der Waals surface area contributed by atoms with Crippen molar-refractivity contribution in [2.24, 2.45) is 35.3 Å². The van der Waals surface area contributed by atoms with E-state index in [1.807, 2.05) is 13.1 Å². The highest BCUT2D eigenvalue weighted by Gasteiger charge is 2.47. The van der Waals surface area contributed by atoms with Gasteiger partial charge in [0, 0.05) is 20.1 Å². The van der Waals surface area contributed by atoms with Crippen molar-refractivity contribution in [1.82, 2.24) is 4.90 Å². The van der Waals surface area contributed by atoms with Gasteiger partial charge < -0.3 is 10.6 Å². The first-order valence-corrected chi connectivity index (χ1v) is 7.80. The van der Waals surface area contributed by atoms with E-state index in [0.717, 1.165) is 23.7 Å². The molecule has 0 heterocycles. The summed E-state index contributed by atoms with van der Waals surface area (Å²) in [5.41, 5.74) is 5.48. The normalized spacial score (nSPS) is 40.0. The van der Waals surface area contributed by atoms with Crippen LogP contribution in [0.1, 0.15) is 32.1 Å². The predicted molar refractivity (Wildman–Crippen MR) is 76.4 cm³/mol. The second-order valence-electron chi connectivity index (χ2n) is 6.92. The van der Waals surface area contributed by atoms with Gasteiger partial charge in [-0.2, -0.15) is 0 Å². The van der Waals surface area contributed by atoms with Crippen LogP contribution in [-0.4, -0.2) is 30.9 Å². The number of likely N-dealkylation sites (N-methyl/N-ethyl adjacent to an activating group) is 1. The smallest absolute Gasteiger partial charge is 0.246 e. The number of carbonyl (C=O) groups excluding carboxylic acids is 1. The van der Waals surface area contributed by atoms with E-state index in [1.54, 1.807) is 4.90 Å². The van der Waals surface area contributed by atoms with Crippen LogP contribution in [0, 0.1) is 29.6 Å². The Labute approximate surface area is 116 Å². The lowest BCUT2D eigenvalue weighted by Gasteiger charge is -2.53. The zero-order valence-electron chi connectivity index (χ0n) is 11.9. The third-order valence-corrected chi connectivity index (χ3v) is 5.60. The summed E-state index contributed by atoms with van der Waals surface area (Å²) < 4.78 is 0. The molecule has 0 spiro atoms. The SMILES string of the molecule is CN(CCN)C(=O)/C=C/C1C2CC3CC(C2)CC1C3. The number of nitrogens with zero attached hydrogens (tertiary/aromatic N) is 1. The van der Waals surface area contributed by atoms with Crippen molar-refractivity contribution in [3.05, 3.63) is 12.2 Å². The summed E-state index contributed by atoms with van der Waals surface area (Å²) in [5, 5.41) is 0. The molecule has 106 valence electrons. The van der Waals surface area contributed by atoms with Gasteiger partial charge in [0.25, 0.3) is 0 Å². The van der Waals surface area contributed by atoms with Gasteiger partial charge in [-0.1, -0.05) is 6.08 Å². The molecule has 0 aromatic rings. The maximum Gasteiger partial charge on any atom is 0.246 e. The van der Waals surface area contributed by atoms with Gasteiger partial charge in [-0.05, 0) is 67.8 Å². The molecule has 0 aliphatic heterocycles. The molecule has 0 unspecified atom stereocenters. The molecule has 4 rings (SSSR count). The van der Waals surface area contributed by atoms with Crippen LogP contribution < -0.4 is 5.73 Å². The largest absolute Gasteiger partial charge is 0.341 e. The van der Waals surface area contributed by atoms with Crippen molar-refractivity contribution in [3.8, 4) is 0 Å². The molecule has 4 aliphatic rings. The molecule has 0 saturated heterocycles. The highest BCUT2D eigenvalue weighted by atomic mass is 16.2. The Bertz CT molecular complexity index is 349. The monoisotopic (exact) mass is 262 g/mol. The topological polar surface area (TPSA) is 46.3 Å². The molecule has 2 N–H and O–H groups in total. The number of hydrogen-bond donors (Lipinski definition) is 1. The van der Waals surface area contributed by atoms with Crippen LogP contribution in [0.5, 0.6) is 0 Å². The van der Waals surface area contributed by atoms with Gasteiger partial charge in [0.2, 0.25) is 5.91 Å². The summed E-state index contributed by atoms with van der Waals surface area (Å²) >= 11 is 0. The lowest BCUT2D eigenvalue weighted by molar-refractivity contribution is -0.124. The first kappa shape index (κ1) is 13.2. The van der Waals surface area contributed by atoms with Crippen LogP contribution in [-0.2, 0) is 4.79 Å². The van der Waals surface area contributed by atoms with Crippen molar-refractivity contribution < 1.29 is 4.79 Å². The van der Waals surface area contributed by atoms with E-state index in [4.69, 9.17) is 5.73 Å². The van der Waals surface area contributed by atoms with Gasteiger partial charge in [0.15, 0.2) is 0 Å². The maximum atomic E-state index is 12.0. The second kappa shape index (κ2) is 5.28. The summed E-state index contributed by atoms with van der Waals surface area (Å²) in [7, 11) is 1.83. The quantitative estimate of drug-likeness (QED) is 0.788. The fourth-order valence-corrected chi connectivity index (χ4v) is 4.91. The molecule has 1 amide bonds. The average molecular weight is 262 g/mol. The summed E-state index contributed by atoms with van der Waals surface area (Å²) in [4.78, 5) is 13.7. The number of rotatable bonds is 4. The van der Waals surface area contributed by atoms with Gasteiger partial charge in [-0.3, -0.25) is 4.79 Å². The number of nitrogens with two attached hydrogens (primary N) is 1. The van der Waals surface area contributed by atoms with Gasteiger partial charge >= 0.3 is 0 Å². The van der Waals surface area contributed by atoms with Crippen molar-refractivity contribution in [2.45, 2.75) is 32.1 Å². The van der Waals surface area contributed by atoms with E-state index in [2.05, 4.69) is 6.08 Å². The third-order valence-electron chi connectivity index (χ3n) is 5.60. The highest BCUT2D eigenvalue weighted by molar-refractivity contribution is 5.87. The van der Waals surface area contributed by atoms with Crippen LogP contribution in [0.2, 0.25) is 0 Å². The number of amides is 1. The van der Waals surface area contributed by atoms with Crippen LogP contribution >= 0.6 is 0 Å². The molecule has 4 saturated carbocycles. The predicted octanol–water partition coefficient (Wildman–Crippen LogP) is 2.03. The number of hydrogen-bond acceptors (Lipinski definition) is 2. The van der Waals surface area contributed by atoms with Gasteiger partial charge in [0.05, 0.1) is 0 Å². The molecular formula is C16H26N2O. The highest BCUT2D eigenvalue weighted by Crippen LogP contribution is 2.56. The van der Waals surface area contributed by atoms with Crippen LogP contribution in [0.25, 0.3) is 0 Å². The minimum atomic E-state index is 0.110. The van der Waals surface area contributed by atoms with E-state index in [9.17, 15) is 4.79 Å². The summed E-state index contributed by atoms with van der Waals surface area (Å²) in [5.74, 6) is 4.51. The van der Waals surface area contributed by atoms with Crippen molar-refractivity contribution in [3.63, 3.8) is 0 Å². The Balaban J connectivity index is 1.62. The lowest BCUT2D eigenvalue weighted by Crippen LogP contribution is -2.44. The van der Waals surface area contributed by atoms with Crippen molar-refractivity contribution in [1.29, 1.82) is 0 Å². The molecule has 19 heavy (non-hydrogen) atoms. The Morgan fingerprint density at radius 3 is 2.26 bits per heavy atom. The average Bonchev–Trinajstić information content (AvgIpc) is 2.37. The Hall–Kier alpha value is -0.830. The standard InChI is InChI=1S/C16H26N2O/c1-18(5-4-17)16(19)3-2-15-13-7-11-6-12(9-13)10-14(15)8-11/h2-3,11-15H,4-10,17H2,1H3/b3-2+. The number of allylic oxidation sites excluding steroid dienone is 1. The molecule has 3 heteroatoms. The molecule has 3 nitrogen and oxygen atoms in total. The zero-order chi connectivity index (χ0) is 13.4. The zero-order valence-corrected chi connectivity index (χ0v) is 11.9. The van der Waals surface area contributed by atoms with E-state index < -0.39 is 0 Å². The maximum absolute atomic E-state index is 12.0. The van der Waals surface area contributed by atoms with Crippen LogP contribution in [0.4, 0.5) is 0 Å². The second-order valence-corrected chi connectivity index (χ2v) is 6.92. The van der Waals surface area contributed by atoms with Gasteiger partial charge in [-0.15, -0.1) is 0 Å². The van der Waals surface area contributed by atoms with Crippen molar-refractivity contribution >= 4 is 5.91 Å². The molecule has 0 aromatic carbocycles. The Morgan fingerprint density at radius 1 is 1.16 bits per heavy atom. The van der Waals surface area contributed by atoms with E-state index in [1.165, 1.54) is 32.1 Å². The Morgan fingerprint density at radius 2 is 1.74 bits per heavy atom. The van der Waals surface area contributed by atoms with Crippen LogP contribution in [0.3, 0.4) is 0 Å². The molecular weight excluding hydrogens is 236 g/mol. The minimum Gasteiger partial charge on any atom is -0.341 e. The Kier molecular flexibility index (Phi) is 3.66. The van der Waals surface area contributed by atoms with Crippen molar-refractivity contribution in [2.75, 3.05) is 20.1 Å². The minimum absolute atomic E-state index is 0.110. The van der Waals surface area contributed by atoms with Crippen LogP contribution in [0.15, 0.2) is 12.2 Å². The van der Waals surface area contributed by atoms with Gasteiger partial charge in [-0.25, -0.2) is 0 Å². The third kappa shape index (κ3) is 2.58. The fraction of sp³-hybridized carbons (Fsp3) is 0.812. The fourth-order valence-electron chi connectivity index (χ4n) is 4.91.